The zero-order chi connectivity index (χ0) is 9.03. The fourth-order valence-electron chi connectivity index (χ4n) is 1.99. The van der Waals surface area contributed by atoms with E-state index in [9.17, 15) is 10.2 Å². The predicted octanol–water partition coefficient (Wildman–Crippen LogP) is 1.84. The number of hydrogen-bond donors (Lipinski definition) is 2. The maximum absolute atomic E-state index is 9.94. The van der Waals surface area contributed by atoms with E-state index < -0.39 is 11.7 Å². The van der Waals surface area contributed by atoms with E-state index in [4.69, 9.17) is 0 Å². The Bertz CT molecular complexity index is 128. The second-order valence-electron chi connectivity index (χ2n) is 3.97. The quantitative estimate of drug-likeness (QED) is 0.679. The molecule has 1 atom stereocenters. The summed E-state index contributed by atoms with van der Waals surface area (Å²) < 4.78 is 0. The second-order valence-corrected chi connectivity index (χ2v) is 3.97. The smallest absolute Gasteiger partial charge is 0.0905 e. The largest absolute Gasteiger partial charge is 0.390 e. The van der Waals surface area contributed by atoms with Crippen molar-refractivity contribution in [2.45, 2.75) is 63.6 Å². The van der Waals surface area contributed by atoms with Crippen molar-refractivity contribution in [2.24, 2.45) is 0 Å². The Morgan fingerprint density at radius 2 is 1.92 bits per heavy atom. The molecule has 1 aliphatic rings. The van der Waals surface area contributed by atoms with Crippen LogP contribution in [0.1, 0.15) is 51.9 Å². The number of rotatable bonds is 4. The van der Waals surface area contributed by atoms with Crippen LogP contribution in [0.4, 0.5) is 0 Å². The van der Waals surface area contributed by atoms with Gasteiger partial charge in [-0.25, -0.2) is 0 Å². The highest BCUT2D eigenvalue weighted by atomic mass is 16.3. The molecule has 0 aliphatic heterocycles. The molecule has 2 N–H and O–H groups in total. The van der Waals surface area contributed by atoms with Crippen molar-refractivity contribution in [3.05, 3.63) is 0 Å². The first-order chi connectivity index (χ1) is 5.69. The van der Waals surface area contributed by atoms with Crippen LogP contribution < -0.4 is 0 Å². The van der Waals surface area contributed by atoms with Gasteiger partial charge in [-0.1, -0.05) is 32.6 Å². The Kier molecular flexibility index (Phi) is 3.53. The summed E-state index contributed by atoms with van der Waals surface area (Å²) in [4.78, 5) is 0. The number of aliphatic hydroxyl groups is 2. The molecule has 1 saturated carbocycles. The lowest BCUT2D eigenvalue weighted by atomic mass is 9.91. The van der Waals surface area contributed by atoms with Crippen LogP contribution in [0, 0.1) is 0 Å². The summed E-state index contributed by atoms with van der Waals surface area (Å²) in [7, 11) is 0. The number of hydrogen-bond acceptors (Lipinski definition) is 2. The van der Waals surface area contributed by atoms with Gasteiger partial charge < -0.3 is 10.2 Å². The van der Waals surface area contributed by atoms with Crippen molar-refractivity contribution < 1.29 is 10.2 Å². The molecule has 0 bridgehead atoms. The zero-order valence-corrected chi connectivity index (χ0v) is 7.92. The third-order valence-electron chi connectivity index (χ3n) is 2.92. The van der Waals surface area contributed by atoms with Gasteiger partial charge in [-0.3, -0.25) is 0 Å². The van der Waals surface area contributed by atoms with Crippen LogP contribution in [0.25, 0.3) is 0 Å². The molecule has 1 rings (SSSR count). The van der Waals surface area contributed by atoms with Crippen LogP contribution in [0.3, 0.4) is 0 Å². The fourth-order valence-corrected chi connectivity index (χ4v) is 1.99. The molecule has 12 heavy (non-hydrogen) atoms. The van der Waals surface area contributed by atoms with Crippen LogP contribution in [-0.2, 0) is 0 Å². The van der Waals surface area contributed by atoms with Gasteiger partial charge in [0.05, 0.1) is 11.7 Å². The van der Waals surface area contributed by atoms with Gasteiger partial charge >= 0.3 is 0 Å². The third kappa shape index (κ3) is 2.20. The first kappa shape index (κ1) is 10.0. The topological polar surface area (TPSA) is 40.5 Å². The molecule has 1 fully saturated rings. The van der Waals surface area contributed by atoms with Gasteiger partial charge in [0.25, 0.3) is 0 Å². The van der Waals surface area contributed by atoms with Gasteiger partial charge in [0, 0.05) is 0 Å². The van der Waals surface area contributed by atoms with E-state index in [0.717, 1.165) is 44.9 Å². The van der Waals surface area contributed by atoms with E-state index >= 15 is 0 Å². The Hall–Kier alpha value is -0.0800. The second kappa shape index (κ2) is 4.24. The lowest BCUT2D eigenvalue weighted by molar-refractivity contribution is -0.0735. The standard InChI is InChI=1S/C10H20O2/c1-2-3-6-9(11)10(12)7-4-5-8-10/h9,11-12H,2-8H2,1H3. The highest BCUT2D eigenvalue weighted by molar-refractivity contribution is 4.90. The minimum atomic E-state index is -0.741. The average Bonchev–Trinajstić information content (AvgIpc) is 2.49. The van der Waals surface area contributed by atoms with Gasteiger partial charge in [0.2, 0.25) is 0 Å². The van der Waals surface area contributed by atoms with E-state index in [1.165, 1.54) is 0 Å². The molecule has 0 heterocycles. The van der Waals surface area contributed by atoms with Gasteiger partial charge in [0.15, 0.2) is 0 Å². The summed E-state index contributed by atoms with van der Waals surface area (Å²) in [6, 6.07) is 0. The molecule has 0 amide bonds. The first-order valence-electron chi connectivity index (χ1n) is 5.09. The molecule has 1 aliphatic carbocycles. The molecule has 0 aromatic heterocycles. The van der Waals surface area contributed by atoms with Crippen molar-refractivity contribution in [3.63, 3.8) is 0 Å². The van der Waals surface area contributed by atoms with Gasteiger partial charge in [-0.2, -0.15) is 0 Å². The SMILES string of the molecule is CCCCC(O)C1(O)CCCC1. The van der Waals surface area contributed by atoms with E-state index in [2.05, 4.69) is 6.92 Å². The molecular weight excluding hydrogens is 152 g/mol. The summed E-state index contributed by atoms with van der Waals surface area (Å²) in [5.74, 6) is 0. The Morgan fingerprint density at radius 3 is 2.42 bits per heavy atom. The van der Waals surface area contributed by atoms with E-state index in [0.29, 0.717) is 0 Å². The molecule has 0 spiro atoms. The van der Waals surface area contributed by atoms with Crippen LogP contribution in [0.5, 0.6) is 0 Å². The van der Waals surface area contributed by atoms with Crippen molar-refractivity contribution in [1.29, 1.82) is 0 Å². The fraction of sp³-hybridized carbons (Fsp3) is 1.00. The Balaban J connectivity index is 2.33. The predicted molar refractivity (Wildman–Crippen MR) is 48.9 cm³/mol. The van der Waals surface area contributed by atoms with Gasteiger partial charge in [0.1, 0.15) is 0 Å². The molecule has 2 nitrogen and oxygen atoms in total. The lowest BCUT2D eigenvalue weighted by Gasteiger charge is -2.28. The van der Waals surface area contributed by atoms with Gasteiger partial charge in [-0.15, -0.1) is 0 Å². The van der Waals surface area contributed by atoms with Crippen molar-refractivity contribution in [2.75, 3.05) is 0 Å². The van der Waals surface area contributed by atoms with E-state index in [1.54, 1.807) is 0 Å². The first-order valence-corrected chi connectivity index (χ1v) is 5.09. The van der Waals surface area contributed by atoms with Crippen molar-refractivity contribution in [3.8, 4) is 0 Å². The highest BCUT2D eigenvalue weighted by Crippen LogP contribution is 2.34. The van der Waals surface area contributed by atoms with Crippen LogP contribution in [0.2, 0.25) is 0 Å². The van der Waals surface area contributed by atoms with E-state index in [-0.39, 0.29) is 0 Å². The molecule has 0 saturated heterocycles. The zero-order valence-electron chi connectivity index (χ0n) is 7.92. The van der Waals surface area contributed by atoms with Crippen LogP contribution in [0.15, 0.2) is 0 Å². The summed E-state index contributed by atoms with van der Waals surface area (Å²) in [5, 5.41) is 19.6. The molecule has 1 unspecified atom stereocenters. The summed E-state index contributed by atoms with van der Waals surface area (Å²) in [6.07, 6.45) is 6.10. The molecule has 0 aromatic carbocycles. The van der Waals surface area contributed by atoms with Crippen molar-refractivity contribution in [1.82, 2.24) is 0 Å². The Morgan fingerprint density at radius 1 is 1.33 bits per heavy atom. The van der Waals surface area contributed by atoms with Gasteiger partial charge in [-0.05, 0) is 19.3 Å². The minimum Gasteiger partial charge on any atom is -0.390 e. The Labute approximate surface area is 74.6 Å². The summed E-state index contributed by atoms with van der Waals surface area (Å²) >= 11 is 0. The number of unbranched alkanes of at least 4 members (excludes halogenated alkanes) is 1. The number of aliphatic hydroxyl groups excluding tert-OH is 1. The summed E-state index contributed by atoms with van der Waals surface area (Å²) in [5.41, 5.74) is -0.741. The monoisotopic (exact) mass is 172 g/mol. The lowest BCUT2D eigenvalue weighted by Crippen LogP contribution is -2.39. The average molecular weight is 172 g/mol. The summed E-state index contributed by atoms with van der Waals surface area (Å²) in [6.45, 7) is 2.10. The maximum Gasteiger partial charge on any atom is 0.0905 e. The van der Waals surface area contributed by atoms with Crippen LogP contribution >= 0.6 is 0 Å². The molecule has 0 aromatic rings. The third-order valence-corrected chi connectivity index (χ3v) is 2.92. The molecule has 0 radical (unpaired) electrons. The van der Waals surface area contributed by atoms with E-state index in [1.807, 2.05) is 0 Å². The highest BCUT2D eigenvalue weighted by Gasteiger charge is 2.37. The molecule has 72 valence electrons. The maximum atomic E-state index is 9.94. The van der Waals surface area contributed by atoms with Crippen molar-refractivity contribution >= 4 is 0 Å². The minimum absolute atomic E-state index is 0.486. The molecule has 2 heteroatoms. The van der Waals surface area contributed by atoms with Crippen LogP contribution in [-0.4, -0.2) is 21.9 Å². The normalized spacial score (nSPS) is 24.2. The molecular formula is C10H20O2.